The van der Waals surface area contributed by atoms with Crippen molar-refractivity contribution in [2.75, 3.05) is 18.6 Å². The van der Waals surface area contributed by atoms with Crippen molar-refractivity contribution in [3.05, 3.63) is 82.0 Å². The lowest BCUT2D eigenvalue weighted by atomic mass is 10.1. The first-order valence-electron chi connectivity index (χ1n) is 9.43. The van der Waals surface area contributed by atoms with Gasteiger partial charge in [0.15, 0.2) is 6.61 Å². The zero-order valence-corrected chi connectivity index (χ0v) is 17.9. The summed E-state index contributed by atoms with van der Waals surface area (Å²) in [5.74, 6) is -1.12. The average Bonchev–Trinajstić information content (AvgIpc) is 3.33. The van der Waals surface area contributed by atoms with E-state index in [0.717, 1.165) is 10.4 Å². The van der Waals surface area contributed by atoms with Gasteiger partial charge in [-0.05, 0) is 42.1 Å². The number of amides is 1. The number of carbonyl (C=O) groups excluding carboxylic acids is 2. The van der Waals surface area contributed by atoms with Gasteiger partial charge in [0.05, 0.1) is 35.9 Å². The number of aromatic carboxylic acids is 1. The predicted molar refractivity (Wildman–Crippen MR) is 117 cm³/mol. The summed E-state index contributed by atoms with van der Waals surface area (Å²) >= 11 is 1.51. The van der Waals surface area contributed by atoms with Crippen LogP contribution in [-0.4, -0.2) is 31.3 Å². The van der Waals surface area contributed by atoms with Crippen molar-refractivity contribution < 1.29 is 24.3 Å². The van der Waals surface area contributed by atoms with E-state index in [1.807, 2.05) is 17.5 Å². The first kappa shape index (κ1) is 22.0. The molecule has 0 radical (unpaired) electrons. The topological polar surface area (TPSA) is 91.3 Å². The van der Waals surface area contributed by atoms with E-state index in [9.17, 15) is 14.7 Å². The number of oxime groups is 1. The van der Waals surface area contributed by atoms with Crippen LogP contribution in [0.2, 0.25) is 0 Å². The normalized spacial score (nSPS) is 11.1. The molecule has 7 nitrogen and oxygen atoms in total. The Bertz CT molecular complexity index is 1060. The van der Waals surface area contributed by atoms with E-state index in [2.05, 4.69) is 5.16 Å². The molecule has 2 aromatic carbocycles. The minimum atomic E-state index is -1.37. The number of carbonyl (C=O) groups is 2. The lowest BCUT2D eigenvalue weighted by Gasteiger charge is -2.25. The number of hydrogen-bond acceptors (Lipinski definition) is 7. The molecule has 0 aliphatic rings. The summed E-state index contributed by atoms with van der Waals surface area (Å²) in [5, 5.41) is 17.5. The molecule has 0 aliphatic heterocycles. The van der Waals surface area contributed by atoms with Crippen molar-refractivity contribution >= 4 is 34.6 Å². The fourth-order valence-corrected chi connectivity index (χ4v) is 3.56. The van der Waals surface area contributed by atoms with Crippen molar-refractivity contribution in [1.29, 1.82) is 0 Å². The van der Waals surface area contributed by atoms with Gasteiger partial charge in [0, 0.05) is 5.56 Å². The second kappa shape index (κ2) is 10.4. The Hall–Kier alpha value is -3.65. The van der Waals surface area contributed by atoms with E-state index in [0.29, 0.717) is 11.5 Å². The summed E-state index contributed by atoms with van der Waals surface area (Å²) in [5.41, 5.74) is 1.59. The Morgan fingerprint density at radius 2 is 1.81 bits per heavy atom. The number of rotatable bonds is 9. The molecule has 0 saturated carbocycles. The number of ether oxygens (including phenoxy) is 1. The Morgan fingerprint density at radius 1 is 1.06 bits per heavy atom. The van der Waals surface area contributed by atoms with Crippen LogP contribution in [0.25, 0.3) is 0 Å². The van der Waals surface area contributed by atoms with E-state index < -0.39 is 11.9 Å². The number of para-hydroxylation sites is 1. The highest BCUT2D eigenvalue weighted by Gasteiger charge is 2.20. The SMILES string of the molecule is COc1ccc(CN(C(=O)CO/N=C(\C)c2cccs2)c2ccccc2C(=O)[O-])cc1. The van der Waals surface area contributed by atoms with Crippen LogP contribution in [0.3, 0.4) is 0 Å². The molecule has 0 atom stereocenters. The summed E-state index contributed by atoms with van der Waals surface area (Å²) in [6.07, 6.45) is 0. The van der Waals surface area contributed by atoms with Crippen molar-refractivity contribution in [3.63, 3.8) is 0 Å². The largest absolute Gasteiger partial charge is 0.545 e. The molecule has 0 fully saturated rings. The standard InChI is InChI=1S/C23H22N2O5S/c1-16(21-8-5-13-31-21)24-30-15-22(26)25(14-17-9-11-18(29-2)12-10-17)20-7-4-3-6-19(20)23(27)28/h3-13H,14-15H2,1-2H3,(H,27,28)/p-1/b24-16+. The molecule has 31 heavy (non-hydrogen) atoms. The second-order valence-corrected chi connectivity index (χ2v) is 7.51. The molecule has 0 aliphatic carbocycles. The predicted octanol–water partition coefficient (Wildman–Crippen LogP) is 3.09. The smallest absolute Gasteiger partial charge is 0.268 e. The van der Waals surface area contributed by atoms with Crippen LogP contribution < -0.4 is 14.7 Å². The van der Waals surface area contributed by atoms with E-state index in [-0.39, 0.29) is 24.4 Å². The number of hydrogen-bond donors (Lipinski definition) is 0. The minimum absolute atomic E-state index is 0.0809. The number of methoxy groups -OCH3 is 1. The van der Waals surface area contributed by atoms with Gasteiger partial charge in [-0.15, -0.1) is 11.3 Å². The molecule has 1 heterocycles. The molecular weight excluding hydrogens is 416 g/mol. The van der Waals surface area contributed by atoms with Crippen molar-refractivity contribution in [2.45, 2.75) is 13.5 Å². The molecule has 0 saturated heterocycles. The van der Waals surface area contributed by atoms with E-state index in [1.165, 1.54) is 22.3 Å². The van der Waals surface area contributed by atoms with E-state index in [1.54, 1.807) is 56.5 Å². The molecule has 1 aromatic heterocycles. The van der Waals surface area contributed by atoms with Crippen LogP contribution in [0.5, 0.6) is 5.75 Å². The van der Waals surface area contributed by atoms with Gasteiger partial charge in [-0.3, -0.25) is 4.79 Å². The zero-order valence-electron chi connectivity index (χ0n) is 17.1. The summed E-state index contributed by atoms with van der Waals surface area (Å²) in [4.78, 5) is 32.2. The van der Waals surface area contributed by atoms with Crippen LogP contribution in [-0.2, 0) is 16.2 Å². The first-order chi connectivity index (χ1) is 15.0. The third kappa shape index (κ3) is 5.70. The fraction of sp³-hybridized carbons (Fsp3) is 0.174. The van der Waals surface area contributed by atoms with Crippen LogP contribution >= 0.6 is 11.3 Å². The van der Waals surface area contributed by atoms with Crippen molar-refractivity contribution in [2.24, 2.45) is 5.16 Å². The highest BCUT2D eigenvalue weighted by molar-refractivity contribution is 7.12. The molecule has 8 heteroatoms. The molecule has 0 N–H and O–H groups in total. The summed E-state index contributed by atoms with van der Waals surface area (Å²) < 4.78 is 5.16. The molecule has 3 rings (SSSR count). The number of carboxylic acid groups (broad SMARTS) is 1. The van der Waals surface area contributed by atoms with Gasteiger partial charge < -0.3 is 24.4 Å². The molecule has 0 unspecified atom stereocenters. The molecule has 3 aromatic rings. The highest BCUT2D eigenvalue weighted by Crippen LogP contribution is 2.23. The number of carboxylic acids is 1. The van der Waals surface area contributed by atoms with Gasteiger partial charge >= 0.3 is 0 Å². The quantitative estimate of drug-likeness (QED) is 0.379. The van der Waals surface area contributed by atoms with Crippen molar-refractivity contribution in [3.8, 4) is 5.75 Å². The molecule has 1 amide bonds. The number of anilines is 1. The van der Waals surface area contributed by atoms with Gasteiger partial charge in [-0.2, -0.15) is 0 Å². The zero-order chi connectivity index (χ0) is 22.2. The summed E-state index contributed by atoms with van der Waals surface area (Å²) in [7, 11) is 1.57. The molecule has 0 bridgehead atoms. The van der Waals surface area contributed by atoms with Gasteiger partial charge in [0.2, 0.25) is 0 Å². The van der Waals surface area contributed by atoms with Crippen LogP contribution in [0.4, 0.5) is 5.69 Å². The minimum Gasteiger partial charge on any atom is -0.545 e. The third-order valence-electron chi connectivity index (χ3n) is 4.48. The summed E-state index contributed by atoms with van der Waals surface area (Å²) in [6, 6.07) is 17.2. The lowest BCUT2D eigenvalue weighted by molar-refractivity contribution is -0.254. The number of nitrogens with zero attached hydrogens (tertiary/aromatic N) is 2. The molecule has 160 valence electrons. The van der Waals surface area contributed by atoms with Gasteiger partial charge in [-0.25, -0.2) is 0 Å². The second-order valence-electron chi connectivity index (χ2n) is 6.56. The average molecular weight is 437 g/mol. The van der Waals surface area contributed by atoms with E-state index >= 15 is 0 Å². The third-order valence-corrected chi connectivity index (χ3v) is 5.46. The maximum Gasteiger partial charge on any atom is 0.268 e. The Kier molecular flexibility index (Phi) is 7.40. The monoisotopic (exact) mass is 437 g/mol. The maximum absolute atomic E-state index is 13.0. The van der Waals surface area contributed by atoms with Crippen molar-refractivity contribution in [1.82, 2.24) is 0 Å². The first-order valence-corrected chi connectivity index (χ1v) is 10.3. The van der Waals surface area contributed by atoms with Crippen LogP contribution in [0, 0.1) is 0 Å². The molecule has 0 spiro atoms. The number of thiophene rings is 1. The summed E-state index contributed by atoms with van der Waals surface area (Å²) in [6.45, 7) is 1.58. The maximum atomic E-state index is 13.0. The molecular formula is C23H21N2O5S-. The van der Waals surface area contributed by atoms with Gasteiger partial charge in [-0.1, -0.05) is 41.6 Å². The van der Waals surface area contributed by atoms with Crippen LogP contribution in [0.1, 0.15) is 27.7 Å². The van der Waals surface area contributed by atoms with E-state index in [4.69, 9.17) is 9.57 Å². The van der Waals surface area contributed by atoms with Gasteiger partial charge in [0.1, 0.15) is 5.75 Å². The Labute approximate surface area is 184 Å². The van der Waals surface area contributed by atoms with Gasteiger partial charge in [0.25, 0.3) is 5.91 Å². The van der Waals surface area contributed by atoms with Crippen LogP contribution in [0.15, 0.2) is 71.2 Å². The highest BCUT2D eigenvalue weighted by atomic mass is 32.1. The Morgan fingerprint density at radius 3 is 2.45 bits per heavy atom. The fourth-order valence-electron chi connectivity index (χ4n) is 2.89. The lowest BCUT2D eigenvalue weighted by Crippen LogP contribution is -2.36. The Balaban J connectivity index is 1.83. The number of benzene rings is 2.